The molecule has 0 radical (unpaired) electrons. The third-order valence-electron chi connectivity index (χ3n) is 5.90. The van der Waals surface area contributed by atoms with Crippen LogP contribution in [0.4, 0.5) is 10.1 Å². The zero-order valence-corrected chi connectivity index (χ0v) is 21.9. The first-order valence-electron chi connectivity index (χ1n) is 11.3. The zero-order valence-electron chi connectivity index (χ0n) is 19.6. The van der Waals surface area contributed by atoms with Crippen molar-refractivity contribution in [3.8, 4) is 0 Å². The summed E-state index contributed by atoms with van der Waals surface area (Å²) >= 11 is 0. The largest absolute Gasteiger partial charge is 0.367 e. The zero-order chi connectivity index (χ0) is 22.2. The number of rotatable bonds is 8. The summed E-state index contributed by atoms with van der Waals surface area (Å²) in [4.78, 5) is 8.80. The van der Waals surface area contributed by atoms with E-state index in [-0.39, 0.29) is 29.8 Å². The van der Waals surface area contributed by atoms with Gasteiger partial charge in [-0.25, -0.2) is 4.39 Å². The second-order valence-corrected chi connectivity index (χ2v) is 7.72. The molecule has 0 amide bonds. The number of halogens is 2. The fourth-order valence-electron chi connectivity index (χ4n) is 3.94. The van der Waals surface area contributed by atoms with E-state index in [4.69, 9.17) is 4.52 Å². The van der Waals surface area contributed by atoms with Crippen molar-refractivity contribution in [3.63, 3.8) is 0 Å². The Morgan fingerprint density at radius 2 is 1.81 bits per heavy atom. The Balaban J connectivity index is 0.00000363. The molecule has 0 spiro atoms. The summed E-state index contributed by atoms with van der Waals surface area (Å²) in [5.41, 5.74) is 3.63. The van der Waals surface area contributed by atoms with Gasteiger partial charge in [-0.05, 0) is 30.7 Å². The van der Waals surface area contributed by atoms with E-state index in [1.165, 1.54) is 0 Å². The normalized spacial score (nSPS) is 14.9. The molecule has 0 bridgehead atoms. The predicted molar refractivity (Wildman–Crippen MR) is 138 cm³/mol. The standard InChI is InChI=1S/C23H35FN6O.HI/c1-5-20-18(22(6-2)31-28-20)16-27-23(25-4)26-15-17-8-9-21(19(24)14-17)30-12-10-29(7-3)11-13-30;/h8-9,14H,5-7,10-13,15-16H2,1-4H3,(H2,25,26,27);1H. The Hall–Kier alpha value is -1.88. The third-order valence-corrected chi connectivity index (χ3v) is 5.90. The summed E-state index contributed by atoms with van der Waals surface area (Å²) < 4.78 is 20.2. The van der Waals surface area contributed by atoms with E-state index in [0.29, 0.717) is 24.7 Å². The van der Waals surface area contributed by atoms with Crippen LogP contribution in [-0.4, -0.2) is 55.8 Å². The molecule has 0 atom stereocenters. The molecule has 9 heteroatoms. The number of benzene rings is 1. The van der Waals surface area contributed by atoms with Crippen LogP contribution in [0, 0.1) is 5.82 Å². The molecule has 2 heterocycles. The van der Waals surface area contributed by atoms with Gasteiger partial charge in [-0.3, -0.25) is 4.99 Å². The van der Waals surface area contributed by atoms with Crippen molar-refractivity contribution >= 4 is 35.6 Å². The van der Waals surface area contributed by atoms with Crippen molar-refractivity contribution in [2.75, 3.05) is 44.7 Å². The minimum atomic E-state index is -0.170. The van der Waals surface area contributed by atoms with Crippen molar-refractivity contribution in [1.82, 2.24) is 20.7 Å². The van der Waals surface area contributed by atoms with Gasteiger partial charge < -0.3 is 25.0 Å². The van der Waals surface area contributed by atoms with Crippen LogP contribution in [0.15, 0.2) is 27.7 Å². The van der Waals surface area contributed by atoms with Crippen LogP contribution in [0.1, 0.15) is 43.4 Å². The number of nitrogens with one attached hydrogen (secondary N) is 2. The minimum Gasteiger partial charge on any atom is -0.367 e. The topological polar surface area (TPSA) is 68.9 Å². The molecule has 3 rings (SSSR count). The first kappa shape index (κ1) is 26.4. The van der Waals surface area contributed by atoms with E-state index in [2.05, 4.69) is 51.4 Å². The molecule has 2 N–H and O–H groups in total. The Morgan fingerprint density at radius 1 is 1.09 bits per heavy atom. The summed E-state index contributed by atoms with van der Waals surface area (Å²) in [7, 11) is 1.73. The molecule has 32 heavy (non-hydrogen) atoms. The highest BCUT2D eigenvalue weighted by atomic mass is 127. The van der Waals surface area contributed by atoms with Gasteiger partial charge in [0.2, 0.25) is 0 Å². The highest BCUT2D eigenvalue weighted by molar-refractivity contribution is 14.0. The van der Waals surface area contributed by atoms with E-state index in [1.807, 2.05) is 12.1 Å². The maximum Gasteiger partial charge on any atom is 0.191 e. The second-order valence-electron chi connectivity index (χ2n) is 7.72. The summed E-state index contributed by atoms with van der Waals surface area (Å²) in [6.45, 7) is 12.1. The summed E-state index contributed by atoms with van der Waals surface area (Å²) in [5.74, 6) is 1.39. The lowest BCUT2D eigenvalue weighted by atomic mass is 10.1. The highest BCUT2D eigenvalue weighted by Gasteiger charge is 2.19. The molecule has 1 saturated heterocycles. The Morgan fingerprint density at radius 3 is 2.41 bits per heavy atom. The fraction of sp³-hybridized carbons (Fsp3) is 0.565. The lowest BCUT2D eigenvalue weighted by molar-refractivity contribution is 0.270. The van der Waals surface area contributed by atoms with E-state index in [1.54, 1.807) is 13.1 Å². The van der Waals surface area contributed by atoms with Crippen molar-refractivity contribution in [1.29, 1.82) is 0 Å². The van der Waals surface area contributed by atoms with E-state index in [9.17, 15) is 4.39 Å². The maximum absolute atomic E-state index is 14.8. The molecule has 1 aromatic carbocycles. The predicted octanol–water partition coefficient (Wildman–Crippen LogP) is 3.56. The smallest absolute Gasteiger partial charge is 0.191 e. The summed E-state index contributed by atoms with van der Waals surface area (Å²) in [6, 6.07) is 5.49. The van der Waals surface area contributed by atoms with Gasteiger partial charge in [-0.15, -0.1) is 24.0 Å². The van der Waals surface area contributed by atoms with Gasteiger partial charge in [0, 0.05) is 58.3 Å². The molecular weight excluding hydrogens is 522 g/mol. The quantitative estimate of drug-likeness (QED) is 0.294. The number of nitrogens with zero attached hydrogens (tertiary/aromatic N) is 4. The number of aromatic nitrogens is 1. The molecule has 0 saturated carbocycles. The molecule has 0 unspecified atom stereocenters. The Bertz CT molecular complexity index is 858. The Labute approximate surface area is 207 Å². The van der Waals surface area contributed by atoms with Crippen LogP contribution in [0.3, 0.4) is 0 Å². The van der Waals surface area contributed by atoms with E-state index in [0.717, 1.165) is 68.1 Å². The Kier molecular flexibility index (Phi) is 10.7. The molecule has 178 valence electrons. The van der Waals surface area contributed by atoms with E-state index >= 15 is 0 Å². The summed E-state index contributed by atoms with van der Waals surface area (Å²) in [5, 5.41) is 10.7. The molecule has 1 aliphatic heterocycles. The van der Waals surface area contributed by atoms with Crippen molar-refractivity contribution < 1.29 is 8.91 Å². The van der Waals surface area contributed by atoms with Crippen LogP contribution in [0.25, 0.3) is 0 Å². The van der Waals surface area contributed by atoms with Gasteiger partial charge in [-0.1, -0.05) is 32.0 Å². The third kappa shape index (κ3) is 6.57. The number of anilines is 1. The molecule has 1 aromatic heterocycles. The van der Waals surface area contributed by atoms with E-state index < -0.39 is 0 Å². The van der Waals surface area contributed by atoms with Gasteiger partial charge in [0.25, 0.3) is 0 Å². The van der Waals surface area contributed by atoms with Crippen LogP contribution in [0.5, 0.6) is 0 Å². The van der Waals surface area contributed by atoms with Gasteiger partial charge in [0.05, 0.1) is 11.4 Å². The fourth-order valence-corrected chi connectivity index (χ4v) is 3.94. The number of hydrogen-bond donors (Lipinski definition) is 2. The second kappa shape index (κ2) is 13.0. The molecule has 7 nitrogen and oxygen atoms in total. The van der Waals surface area contributed by atoms with Gasteiger partial charge in [0.1, 0.15) is 11.6 Å². The number of aryl methyl sites for hydroxylation is 2. The van der Waals surface area contributed by atoms with Crippen LogP contribution < -0.4 is 15.5 Å². The molecule has 2 aromatic rings. The molecular formula is C23H36FIN6O. The van der Waals surface area contributed by atoms with Crippen LogP contribution in [-0.2, 0) is 25.9 Å². The lowest BCUT2D eigenvalue weighted by Crippen LogP contribution is -2.46. The van der Waals surface area contributed by atoms with Crippen LogP contribution in [0.2, 0.25) is 0 Å². The SMILES string of the molecule is CCc1noc(CC)c1CNC(=NC)NCc1ccc(N2CCN(CC)CC2)c(F)c1.I. The monoisotopic (exact) mass is 558 g/mol. The molecule has 1 fully saturated rings. The van der Waals surface area contributed by atoms with Crippen LogP contribution >= 0.6 is 24.0 Å². The highest BCUT2D eigenvalue weighted by Crippen LogP contribution is 2.22. The van der Waals surface area contributed by atoms with Crippen molar-refractivity contribution in [2.45, 2.75) is 46.7 Å². The maximum atomic E-state index is 14.8. The van der Waals surface area contributed by atoms with Gasteiger partial charge >= 0.3 is 0 Å². The number of likely N-dealkylation sites (N-methyl/N-ethyl adjacent to an activating group) is 1. The summed E-state index contributed by atoms with van der Waals surface area (Å²) in [6.07, 6.45) is 1.63. The first-order chi connectivity index (χ1) is 15.1. The number of aliphatic imine (C=N–C) groups is 1. The number of guanidine groups is 1. The van der Waals surface area contributed by atoms with Gasteiger partial charge in [0.15, 0.2) is 5.96 Å². The average molecular weight is 558 g/mol. The van der Waals surface area contributed by atoms with Gasteiger partial charge in [-0.2, -0.15) is 0 Å². The average Bonchev–Trinajstić information content (AvgIpc) is 3.21. The lowest BCUT2D eigenvalue weighted by Gasteiger charge is -2.35. The molecule has 1 aliphatic rings. The number of hydrogen-bond acceptors (Lipinski definition) is 5. The molecule has 0 aliphatic carbocycles. The van der Waals surface area contributed by atoms with Crippen molar-refractivity contribution in [3.05, 3.63) is 46.6 Å². The van der Waals surface area contributed by atoms with Crippen molar-refractivity contribution in [2.24, 2.45) is 4.99 Å². The first-order valence-corrected chi connectivity index (χ1v) is 11.3. The number of piperazine rings is 1. The minimum absolute atomic E-state index is 0.